The van der Waals surface area contributed by atoms with Gasteiger partial charge in [-0.15, -0.1) is 0 Å². The summed E-state index contributed by atoms with van der Waals surface area (Å²) in [6, 6.07) is 9.05. The summed E-state index contributed by atoms with van der Waals surface area (Å²) in [5, 5.41) is 0.209. The lowest BCUT2D eigenvalue weighted by atomic mass is 10.1. The third-order valence-electron chi connectivity index (χ3n) is 5.45. The number of hydrogen-bond acceptors (Lipinski definition) is 4. The smallest absolute Gasteiger partial charge is 0.261 e. The Bertz CT molecular complexity index is 1030. The monoisotopic (exact) mass is 451 g/mol. The van der Waals surface area contributed by atoms with Gasteiger partial charge in [-0.05, 0) is 61.2 Å². The fraction of sp³-hybridized carbons (Fsp3) is 0.381. The number of nitrogens with one attached hydrogen (secondary N) is 1. The minimum Gasteiger partial charge on any atom is -0.336 e. The predicted octanol–water partition coefficient (Wildman–Crippen LogP) is 3.45. The van der Waals surface area contributed by atoms with Crippen molar-refractivity contribution in [2.45, 2.75) is 17.7 Å². The molecule has 30 heavy (non-hydrogen) atoms. The van der Waals surface area contributed by atoms with Crippen molar-refractivity contribution in [3.63, 3.8) is 0 Å². The number of anilines is 1. The highest BCUT2D eigenvalue weighted by Gasteiger charge is 2.29. The molecule has 6 nitrogen and oxygen atoms in total. The van der Waals surface area contributed by atoms with Crippen LogP contribution in [0.4, 0.5) is 10.1 Å². The third kappa shape index (κ3) is 4.94. The van der Waals surface area contributed by atoms with E-state index in [1.54, 1.807) is 4.90 Å². The molecule has 2 fully saturated rings. The maximum atomic E-state index is 13.1. The molecule has 0 unspecified atom stereocenters. The van der Waals surface area contributed by atoms with Gasteiger partial charge in [0.15, 0.2) is 0 Å². The SMILES string of the molecule is O=C(c1cc(S(=O)(=O)Nc2ccc(F)cc2)ccc1Cl)N1CCN(CC2CC2)CC1. The van der Waals surface area contributed by atoms with Gasteiger partial charge in [-0.2, -0.15) is 0 Å². The molecule has 0 aromatic heterocycles. The molecule has 9 heteroatoms. The van der Waals surface area contributed by atoms with Crippen molar-refractivity contribution in [1.29, 1.82) is 0 Å². The normalized spacial score (nSPS) is 17.7. The zero-order valence-corrected chi connectivity index (χ0v) is 17.9. The molecule has 2 aromatic carbocycles. The molecular formula is C21H23ClFN3O3S. The number of rotatable bonds is 6. The number of benzene rings is 2. The van der Waals surface area contributed by atoms with Gasteiger partial charge < -0.3 is 4.90 Å². The molecule has 1 aliphatic carbocycles. The Morgan fingerprint density at radius 3 is 2.37 bits per heavy atom. The topological polar surface area (TPSA) is 69.7 Å². The van der Waals surface area contributed by atoms with Gasteiger partial charge >= 0.3 is 0 Å². The number of carbonyl (C=O) groups excluding carboxylic acids is 1. The molecule has 0 atom stereocenters. The second kappa shape index (κ2) is 8.53. The standard InChI is InChI=1S/C21H23ClFN3O3S/c22-20-8-7-18(30(28,29)24-17-5-3-16(23)4-6-17)13-19(20)21(27)26-11-9-25(10-12-26)14-15-1-2-15/h3-8,13,15,24H,1-2,9-12,14H2. The van der Waals surface area contributed by atoms with Crippen LogP contribution in [0.1, 0.15) is 23.2 Å². The number of piperazine rings is 1. The third-order valence-corrected chi connectivity index (χ3v) is 7.16. The van der Waals surface area contributed by atoms with Gasteiger partial charge in [0, 0.05) is 38.4 Å². The van der Waals surface area contributed by atoms with E-state index in [1.807, 2.05) is 0 Å². The van der Waals surface area contributed by atoms with Crippen LogP contribution >= 0.6 is 11.6 Å². The van der Waals surface area contributed by atoms with E-state index in [9.17, 15) is 17.6 Å². The molecule has 1 N–H and O–H groups in total. The van der Waals surface area contributed by atoms with Gasteiger partial charge in [-0.25, -0.2) is 12.8 Å². The van der Waals surface area contributed by atoms with E-state index in [-0.39, 0.29) is 27.1 Å². The fourth-order valence-corrected chi connectivity index (χ4v) is 4.82. The van der Waals surface area contributed by atoms with Crippen molar-refractivity contribution in [2.24, 2.45) is 5.92 Å². The number of carbonyl (C=O) groups is 1. The minimum atomic E-state index is -3.96. The molecule has 1 aliphatic heterocycles. The lowest BCUT2D eigenvalue weighted by Crippen LogP contribution is -2.49. The van der Waals surface area contributed by atoms with Crippen LogP contribution in [-0.4, -0.2) is 56.8 Å². The summed E-state index contributed by atoms with van der Waals surface area (Å²) < 4.78 is 40.9. The molecule has 0 bridgehead atoms. The Morgan fingerprint density at radius 2 is 1.73 bits per heavy atom. The Hall–Kier alpha value is -2.16. The summed E-state index contributed by atoms with van der Waals surface area (Å²) in [5.41, 5.74) is 0.389. The van der Waals surface area contributed by atoms with Gasteiger partial charge in [0.05, 0.1) is 15.5 Å². The maximum absolute atomic E-state index is 13.1. The Balaban J connectivity index is 1.48. The van der Waals surface area contributed by atoms with Crippen LogP contribution in [0.3, 0.4) is 0 Å². The van der Waals surface area contributed by atoms with Crippen LogP contribution in [0.25, 0.3) is 0 Å². The lowest BCUT2D eigenvalue weighted by Gasteiger charge is -2.35. The Kier molecular flexibility index (Phi) is 5.99. The first kappa shape index (κ1) is 21.1. The fourth-order valence-electron chi connectivity index (χ4n) is 3.54. The van der Waals surface area contributed by atoms with Crippen molar-refractivity contribution >= 4 is 33.2 Å². The number of halogens is 2. The quantitative estimate of drug-likeness (QED) is 0.730. The van der Waals surface area contributed by atoms with Crippen molar-refractivity contribution in [3.8, 4) is 0 Å². The summed E-state index contributed by atoms with van der Waals surface area (Å²) in [5.74, 6) is 0.0663. The summed E-state index contributed by atoms with van der Waals surface area (Å²) in [7, 11) is -3.96. The van der Waals surface area contributed by atoms with Gasteiger partial charge in [0.2, 0.25) is 0 Å². The minimum absolute atomic E-state index is 0.0769. The van der Waals surface area contributed by atoms with Crippen molar-refractivity contribution < 1.29 is 17.6 Å². The second-order valence-corrected chi connectivity index (χ2v) is 9.88. The van der Waals surface area contributed by atoms with E-state index in [0.717, 1.165) is 37.7 Å². The maximum Gasteiger partial charge on any atom is 0.261 e. The number of nitrogens with zero attached hydrogens (tertiary/aromatic N) is 2. The van der Waals surface area contributed by atoms with Crippen LogP contribution < -0.4 is 4.72 Å². The van der Waals surface area contributed by atoms with E-state index in [1.165, 1.54) is 43.2 Å². The highest BCUT2D eigenvalue weighted by atomic mass is 35.5. The van der Waals surface area contributed by atoms with Crippen LogP contribution in [-0.2, 0) is 10.0 Å². The molecule has 0 radical (unpaired) electrons. The highest BCUT2D eigenvalue weighted by molar-refractivity contribution is 7.92. The molecular weight excluding hydrogens is 429 g/mol. The molecule has 1 heterocycles. The van der Waals surface area contributed by atoms with Crippen LogP contribution in [0.5, 0.6) is 0 Å². The van der Waals surface area contributed by atoms with E-state index in [2.05, 4.69) is 9.62 Å². The van der Waals surface area contributed by atoms with Gasteiger partial charge in [0.1, 0.15) is 5.82 Å². The summed E-state index contributed by atoms with van der Waals surface area (Å²) >= 11 is 6.23. The van der Waals surface area contributed by atoms with Crippen LogP contribution in [0.15, 0.2) is 47.4 Å². The largest absolute Gasteiger partial charge is 0.336 e. The van der Waals surface area contributed by atoms with E-state index in [0.29, 0.717) is 13.1 Å². The summed E-state index contributed by atoms with van der Waals surface area (Å²) in [6.45, 7) is 3.89. The molecule has 4 rings (SSSR count). The van der Waals surface area contributed by atoms with E-state index in [4.69, 9.17) is 11.6 Å². The molecule has 0 spiro atoms. The van der Waals surface area contributed by atoms with Crippen LogP contribution in [0.2, 0.25) is 5.02 Å². The van der Waals surface area contributed by atoms with Crippen molar-refractivity contribution in [2.75, 3.05) is 37.4 Å². The molecule has 2 aromatic rings. The van der Waals surface area contributed by atoms with Crippen LogP contribution in [0, 0.1) is 11.7 Å². The zero-order chi connectivity index (χ0) is 21.3. The predicted molar refractivity (Wildman–Crippen MR) is 114 cm³/mol. The first-order valence-corrected chi connectivity index (χ1v) is 11.8. The summed E-state index contributed by atoms with van der Waals surface area (Å²) in [6.07, 6.45) is 2.59. The lowest BCUT2D eigenvalue weighted by molar-refractivity contribution is 0.0632. The molecule has 1 amide bonds. The first-order valence-electron chi connectivity index (χ1n) is 9.91. The average Bonchev–Trinajstić information content (AvgIpc) is 3.54. The zero-order valence-electron chi connectivity index (χ0n) is 16.4. The van der Waals surface area contributed by atoms with Gasteiger partial charge in [0.25, 0.3) is 15.9 Å². The summed E-state index contributed by atoms with van der Waals surface area (Å²) in [4.78, 5) is 17.0. The number of amides is 1. The van der Waals surface area contributed by atoms with E-state index < -0.39 is 15.8 Å². The average molecular weight is 452 g/mol. The van der Waals surface area contributed by atoms with Gasteiger partial charge in [-0.1, -0.05) is 11.6 Å². The van der Waals surface area contributed by atoms with Crippen molar-refractivity contribution in [3.05, 3.63) is 58.9 Å². The van der Waals surface area contributed by atoms with E-state index >= 15 is 0 Å². The molecule has 1 saturated carbocycles. The number of sulfonamides is 1. The van der Waals surface area contributed by atoms with Gasteiger partial charge in [-0.3, -0.25) is 14.4 Å². The Morgan fingerprint density at radius 1 is 1.07 bits per heavy atom. The molecule has 160 valence electrons. The molecule has 2 aliphatic rings. The first-order chi connectivity index (χ1) is 14.3. The second-order valence-electron chi connectivity index (χ2n) is 7.79. The van der Waals surface area contributed by atoms with Crippen molar-refractivity contribution in [1.82, 2.24) is 9.80 Å². The molecule has 1 saturated heterocycles. The highest BCUT2D eigenvalue weighted by Crippen LogP contribution is 2.30. The number of hydrogen-bond donors (Lipinski definition) is 1. The Labute approximate surface area is 180 Å².